The second-order valence-corrected chi connectivity index (χ2v) is 8.36. The van der Waals surface area contributed by atoms with E-state index in [0.29, 0.717) is 11.3 Å². The highest BCUT2D eigenvalue weighted by atomic mass is 79.9. The number of aryl methyl sites for hydroxylation is 1. The summed E-state index contributed by atoms with van der Waals surface area (Å²) in [4.78, 5) is 37.5. The molecular weight excluding hydrogens is 462 g/mol. The number of ether oxygens (including phenoxy) is 1. The van der Waals surface area contributed by atoms with E-state index in [1.54, 1.807) is 24.3 Å². The van der Waals surface area contributed by atoms with Crippen LogP contribution in [0.5, 0.6) is 5.75 Å². The van der Waals surface area contributed by atoms with Crippen molar-refractivity contribution >= 4 is 39.3 Å². The first-order valence-electron chi connectivity index (χ1n) is 10.0. The van der Waals surface area contributed by atoms with Crippen LogP contribution < -0.4 is 20.7 Å². The van der Waals surface area contributed by atoms with Gasteiger partial charge in [0.1, 0.15) is 11.8 Å². The Kier molecular flexibility index (Phi) is 9.05. The number of para-hydroxylation sites is 1. The highest BCUT2D eigenvalue weighted by Crippen LogP contribution is 2.21. The van der Waals surface area contributed by atoms with Crippen molar-refractivity contribution < 1.29 is 19.1 Å². The van der Waals surface area contributed by atoms with Gasteiger partial charge in [-0.05, 0) is 42.7 Å². The molecule has 2 aromatic rings. The molecule has 31 heavy (non-hydrogen) atoms. The van der Waals surface area contributed by atoms with Gasteiger partial charge in [0.25, 0.3) is 5.91 Å². The number of amides is 3. The van der Waals surface area contributed by atoms with Crippen molar-refractivity contribution in [2.45, 2.75) is 33.2 Å². The number of rotatable bonds is 9. The first kappa shape index (κ1) is 24.4. The molecule has 0 aliphatic carbocycles. The third kappa shape index (κ3) is 7.10. The molecule has 1 unspecified atom stereocenters. The fraction of sp³-hybridized carbons (Fsp3) is 0.348. The average Bonchev–Trinajstić information content (AvgIpc) is 2.74. The van der Waals surface area contributed by atoms with Crippen LogP contribution in [0.25, 0.3) is 0 Å². The van der Waals surface area contributed by atoms with Crippen LogP contribution in [0, 0.1) is 12.8 Å². The van der Waals surface area contributed by atoms with Crippen molar-refractivity contribution in [3.8, 4) is 5.75 Å². The SMILES string of the molecule is COc1ccccc1C(=O)NC(C(=O)NCCC(=O)Nc1cc(Br)ccc1C)C(C)C. The predicted molar refractivity (Wildman–Crippen MR) is 124 cm³/mol. The average molecular weight is 490 g/mol. The molecule has 166 valence electrons. The quantitative estimate of drug-likeness (QED) is 0.500. The normalized spacial score (nSPS) is 11.5. The lowest BCUT2D eigenvalue weighted by atomic mass is 10.0. The minimum absolute atomic E-state index is 0.114. The first-order chi connectivity index (χ1) is 14.7. The summed E-state index contributed by atoms with van der Waals surface area (Å²) in [5.74, 6) is -0.654. The van der Waals surface area contributed by atoms with Crippen LogP contribution >= 0.6 is 15.9 Å². The molecule has 0 saturated carbocycles. The summed E-state index contributed by atoms with van der Waals surface area (Å²) in [6.07, 6.45) is 0.114. The molecule has 0 heterocycles. The van der Waals surface area contributed by atoms with Crippen LogP contribution in [0.2, 0.25) is 0 Å². The Hall–Kier alpha value is -2.87. The van der Waals surface area contributed by atoms with Gasteiger partial charge in [0.05, 0.1) is 12.7 Å². The molecule has 0 aliphatic heterocycles. The third-order valence-corrected chi connectivity index (χ3v) is 5.21. The summed E-state index contributed by atoms with van der Waals surface area (Å²) >= 11 is 3.38. The van der Waals surface area contributed by atoms with Crippen LogP contribution in [0.4, 0.5) is 5.69 Å². The molecule has 0 fully saturated rings. The lowest BCUT2D eigenvalue weighted by Gasteiger charge is -2.22. The van der Waals surface area contributed by atoms with Crippen molar-refractivity contribution in [1.29, 1.82) is 0 Å². The van der Waals surface area contributed by atoms with Crippen LogP contribution in [-0.4, -0.2) is 37.4 Å². The van der Waals surface area contributed by atoms with E-state index < -0.39 is 11.9 Å². The predicted octanol–water partition coefficient (Wildman–Crippen LogP) is 3.67. The lowest BCUT2D eigenvalue weighted by Crippen LogP contribution is -2.50. The molecule has 2 aromatic carbocycles. The Morgan fingerprint density at radius 2 is 1.81 bits per heavy atom. The van der Waals surface area contributed by atoms with Gasteiger partial charge in [0.15, 0.2) is 0 Å². The summed E-state index contributed by atoms with van der Waals surface area (Å²) in [6.45, 7) is 5.75. The molecule has 2 rings (SSSR count). The van der Waals surface area contributed by atoms with E-state index in [0.717, 1.165) is 15.7 Å². The third-order valence-electron chi connectivity index (χ3n) is 4.71. The maximum atomic E-state index is 12.6. The fourth-order valence-electron chi connectivity index (χ4n) is 2.94. The van der Waals surface area contributed by atoms with E-state index in [-0.39, 0.29) is 30.7 Å². The van der Waals surface area contributed by atoms with Crippen LogP contribution in [0.3, 0.4) is 0 Å². The molecular formula is C23H28BrN3O4. The van der Waals surface area contributed by atoms with E-state index in [1.807, 2.05) is 39.0 Å². The first-order valence-corrected chi connectivity index (χ1v) is 10.8. The Labute approximate surface area is 191 Å². The number of methoxy groups -OCH3 is 1. The molecule has 0 spiro atoms. The summed E-state index contributed by atoms with van der Waals surface area (Å²) < 4.78 is 6.08. The summed E-state index contributed by atoms with van der Waals surface area (Å²) in [7, 11) is 1.49. The molecule has 0 saturated heterocycles. The molecule has 3 N–H and O–H groups in total. The fourth-order valence-corrected chi connectivity index (χ4v) is 3.30. The standard InChI is InChI=1S/C23H28BrN3O4/c1-14(2)21(27-22(29)17-7-5-6-8-19(17)31-4)23(30)25-12-11-20(28)26-18-13-16(24)10-9-15(18)3/h5-10,13-14,21H,11-12H2,1-4H3,(H,25,30)(H,26,28)(H,27,29). The van der Waals surface area contributed by atoms with E-state index in [2.05, 4.69) is 31.9 Å². The minimum atomic E-state index is -0.743. The van der Waals surface area contributed by atoms with Crippen molar-refractivity contribution in [2.75, 3.05) is 19.0 Å². The smallest absolute Gasteiger partial charge is 0.255 e. The van der Waals surface area contributed by atoms with Gasteiger partial charge in [-0.15, -0.1) is 0 Å². The van der Waals surface area contributed by atoms with Gasteiger partial charge in [0.2, 0.25) is 11.8 Å². The highest BCUT2D eigenvalue weighted by Gasteiger charge is 2.25. The Bertz CT molecular complexity index is 946. The van der Waals surface area contributed by atoms with Gasteiger partial charge in [-0.2, -0.15) is 0 Å². The topological polar surface area (TPSA) is 96.5 Å². The molecule has 1 atom stereocenters. The molecule has 0 bridgehead atoms. The largest absolute Gasteiger partial charge is 0.496 e. The summed E-state index contributed by atoms with van der Waals surface area (Å²) in [6, 6.07) is 11.7. The Morgan fingerprint density at radius 1 is 1.10 bits per heavy atom. The van der Waals surface area contributed by atoms with Gasteiger partial charge in [0, 0.05) is 23.1 Å². The number of hydrogen-bond donors (Lipinski definition) is 3. The van der Waals surface area contributed by atoms with Gasteiger partial charge in [-0.25, -0.2) is 0 Å². The maximum absolute atomic E-state index is 12.6. The van der Waals surface area contributed by atoms with Crippen LogP contribution in [-0.2, 0) is 9.59 Å². The lowest BCUT2D eigenvalue weighted by molar-refractivity contribution is -0.124. The van der Waals surface area contributed by atoms with Crippen molar-refractivity contribution in [2.24, 2.45) is 5.92 Å². The van der Waals surface area contributed by atoms with E-state index in [4.69, 9.17) is 4.74 Å². The van der Waals surface area contributed by atoms with Crippen molar-refractivity contribution in [1.82, 2.24) is 10.6 Å². The number of anilines is 1. The number of halogens is 1. The Morgan fingerprint density at radius 3 is 2.48 bits per heavy atom. The van der Waals surface area contributed by atoms with E-state index in [1.165, 1.54) is 7.11 Å². The van der Waals surface area contributed by atoms with Gasteiger partial charge >= 0.3 is 0 Å². The molecule has 3 amide bonds. The van der Waals surface area contributed by atoms with Gasteiger partial charge < -0.3 is 20.7 Å². The van der Waals surface area contributed by atoms with Gasteiger partial charge in [-0.3, -0.25) is 14.4 Å². The summed E-state index contributed by atoms with van der Waals surface area (Å²) in [5.41, 5.74) is 2.02. The number of nitrogens with one attached hydrogen (secondary N) is 3. The Balaban J connectivity index is 1.91. The highest BCUT2D eigenvalue weighted by molar-refractivity contribution is 9.10. The molecule has 0 radical (unpaired) electrons. The van der Waals surface area contributed by atoms with E-state index in [9.17, 15) is 14.4 Å². The van der Waals surface area contributed by atoms with Crippen molar-refractivity contribution in [3.05, 3.63) is 58.1 Å². The van der Waals surface area contributed by atoms with Crippen LogP contribution in [0.15, 0.2) is 46.9 Å². The number of carbonyl (C=O) groups is 3. The number of carbonyl (C=O) groups excluding carboxylic acids is 3. The van der Waals surface area contributed by atoms with Gasteiger partial charge in [-0.1, -0.05) is 48.0 Å². The van der Waals surface area contributed by atoms with E-state index >= 15 is 0 Å². The zero-order valence-corrected chi connectivity index (χ0v) is 19.7. The zero-order chi connectivity index (χ0) is 23.0. The summed E-state index contributed by atoms with van der Waals surface area (Å²) in [5, 5.41) is 8.34. The maximum Gasteiger partial charge on any atom is 0.255 e. The van der Waals surface area contributed by atoms with Crippen molar-refractivity contribution in [3.63, 3.8) is 0 Å². The second-order valence-electron chi connectivity index (χ2n) is 7.44. The minimum Gasteiger partial charge on any atom is -0.496 e. The molecule has 0 aliphatic rings. The number of benzene rings is 2. The molecule has 0 aromatic heterocycles. The molecule has 7 nitrogen and oxygen atoms in total. The zero-order valence-electron chi connectivity index (χ0n) is 18.1. The molecule has 8 heteroatoms. The monoisotopic (exact) mass is 489 g/mol. The second kappa shape index (κ2) is 11.5. The van der Waals surface area contributed by atoms with Crippen LogP contribution in [0.1, 0.15) is 36.2 Å². The number of hydrogen-bond acceptors (Lipinski definition) is 4.